The second-order valence-electron chi connectivity index (χ2n) is 10.8. The summed E-state index contributed by atoms with van der Waals surface area (Å²) < 4.78 is 2.31. The standard InChI is InChI=1S/C34H28N6O/c41-34-26-16-29-28(36-20-37-29)15-25(26)33(39-34)32-24-8-4-5-9-27(24)38-30(32)18-35-17-22-10-11-23-12-13-40(31(23)14-22)19-21-6-2-1-3-7-21/h1-16,20,33,35,38H,17-19H2,(H,36,37)(H,39,41). The first-order valence-electron chi connectivity index (χ1n) is 13.9. The van der Waals surface area contributed by atoms with Gasteiger partial charge in [-0.15, -0.1) is 0 Å². The van der Waals surface area contributed by atoms with Crippen molar-refractivity contribution in [3.05, 3.63) is 137 Å². The maximum Gasteiger partial charge on any atom is 0.252 e. The number of H-pyrrole nitrogens is 2. The summed E-state index contributed by atoms with van der Waals surface area (Å²) in [7, 11) is 0. The predicted octanol–water partition coefficient (Wildman–Crippen LogP) is 6.17. The Morgan fingerprint density at radius 1 is 0.854 bits per heavy atom. The minimum atomic E-state index is -0.240. The first-order chi connectivity index (χ1) is 20.2. The van der Waals surface area contributed by atoms with Gasteiger partial charge < -0.3 is 25.2 Å². The molecule has 4 N–H and O–H groups in total. The molecule has 7 aromatic rings. The summed E-state index contributed by atoms with van der Waals surface area (Å²) in [5.41, 5.74) is 10.4. The van der Waals surface area contributed by atoms with Gasteiger partial charge in [-0.05, 0) is 52.4 Å². The fraction of sp³-hybridized carbons (Fsp3) is 0.118. The van der Waals surface area contributed by atoms with Gasteiger partial charge in [0.25, 0.3) is 5.91 Å². The number of fused-ring (bicyclic) bond motifs is 4. The molecule has 4 heterocycles. The van der Waals surface area contributed by atoms with Gasteiger partial charge in [0, 0.05) is 59.1 Å². The van der Waals surface area contributed by atoms with Crippen LogP contribution >= 0.6 is 0 Å². The molecule has 0 spiro atoms. The van der Waals surface area contributed by atoms with Crippen molar-refractivity contribution >= 4 is 38.7 Å². The smallest absolute Gasteiger partial charge is 0.252 e. The first-order valence-corrected chi connectivity index (χ1v) is 13.9. The lowest BCUT2D eigenvalue weighted by Gasteiger charge is -2.15. The highest BCUT2D eigenvalue weighted by molar-refractivity contribution is 6.03. The molecule has 8 rings (SSSR count). The lowest BCUT2D eigenvalue weighted by Crippen LogP contribution is -2.22. The highest BCUT2D eigenvalue weighted by Crippen LogP contribution is 2.38. The number of amides is 1. The molecule has 0 saturated heterocycles. The van der Waals surface area contributed by atoms with E-state index in [-0.39, 0.29) is 11.9 Å². The molecule has 0 fully saturated rings. The summed E-state index contributed by atoms with van der Waals surface area (Å²) in [4.78, 5) is 24.2. The molecule has 7 heteroatoms. The number of aromatic nitrogens is 4. The number of para-hydroxylation sites is 1. The molecule has 200 valence electrons. The van der Waals surface area contributed by atoms with E-state index < -0.39 is 0 Å². The summed E-state index contributed by atoms with van der Waals surface area (Å²) in [6.45, 7) is 2.21. The minimum Gasteiger partial charge on any atom is -0.357 e. The van der Waals surface area contributed by atoms with Gasteiger partial charge in [0.15, 0.2) is 0 Å². The van der Waals surface area contributed by atoms with Crippen LogP contribution in [0.15, 0.2) is 104 Å². The Morgan fingerprint density at radius 3 is 2.66 bits per heavy atom. The molecule has 0 aliphatic carbocycles. The average Bonchev–Trinajstić information content (AvgIpc) is 3.77. The van der Waals surface area contributed by atoms with E-state index >= 15 is 0 Å². The Labute approximate surface area is 236 Å². The Bertz CT molecular complexity index is 2070. The van der Waals surface area contributed by atoms with Crippen molar-refractivity contribution in [3.8, 4) is 0 Å². The van der Waals surface area contributed by atoms with E-state index in [0.717, 1.165) is 51.8 Å². The number of aromatic amines is 2. The molecular formula is C34H28N6O. The fourth-order valence-electron chi connectivity index (χ4n) is 6.23. The van der Waals surface area contributed by atoms with Crippen LogP contribution in [0.5, 0.6) is 0 Å². The highest BCUT2D eigenvalue weighted by Gasteiger charge is 2.33. The lowest BCUT2D eigenvalue weighted by atomic mass is 9.95. The molecule has 3 aromatic heterocycles. The van der Waals surface area contributed by atoms with Gasteiger partial charge in [0.2, 0.25) is 0 Å². The van der Waals surface area contributed by atoms with Gasteiger partial charge in [-0.25, -0.2) is 4.98 Å². The van der Waals surface area contributed by atoms with Crippen LogP contribution in [0, 0.1) is 0 Å². The molecular weight excluding hydrogens is 508 g/mol. The molecule has 0 bridgehead atoms. The van der Waals surface area contributed by atoms with Gasteiger partial charge in [-0.2, -0.15) is 0 Å². The molecule has 0 radical (unpaired) electrons. The quantitative estimate of drug-likeness (QED) is 0.196. The number of hydrogen-bond donors (Lipinski definition) is 4. The number of carbonyl (C=O) groups is 1. The maximum atomic E-state index is 13.0. The van der Waals surface area contributed by atoms with Gasteiger partial charge in [-0.1, -0.05) is 60.7 Å². The van der Waals surface area contributed by atoms with E-state index in [9.17, 15) is 4.79 Å². The van der Waals surface area contributed by atoms with Crippen molar-refractivity contribution in [2.45, 2.75) is 25.7 Å². The molecule has 1 unspecified atom stereocenters. The SMILES string of the molecule is O=C1NC(c2c(CNCc3ccc4ccn(Cc5ccccc5)c4c3)[nH]c3ccccc23)c2cc3[nH]cnc3cc21. The Hall–Kier alpha value is -5.14. The average molecular weight is 537 g/mol. The third-order valence-electron chi connectivity index (χ3n) is 8.20. The Morgan fingerprint density at radius 2 is 1.73 bits per heavy atom. The lowest BCUT2D eigenvalue weighted by molar-refractivity contribution is 0.0960. The number of hydrogen-bond acceptors (Lipinski definition) is 3. The number of rotatable bonds is 7. The van der Waals surface area contributed by atoms with E-state index in [2.05, 4.69) is 109 Å². The van der Waals surface area contributed by atoms with Crippen LogP contribution in [0.1, 0.15) is 44.3 Å². The number of benzene rings is 4. The van der Waals surface area contributed by atoms with Crippen LogP contribution in [0.3, 0.4) is 0 Å². The summed E-state index contributed by atoms with van der Waals surface area (Å²) in [6.07, 6.45) is 3.83. The van der Waals surface area contributed by atoms with E-state index in [1.165, 1.54) is 22.0 Å². The number of nitrogens with zero attached hydrogens (tertiary/aromatic N) is 2. The molecule has 1 aliphatic rings. The van der Waals surface area contributed by atoms with E-state index in [1.807, 2.05) is 18.2 Å². The third kappa shape index (κ3) is 4.10. The Balaban J connectivity index is 1.08. The van der Waals surface area contributed by atoms with Crippen molar-refractivity contribution in [1.82, 2.24) is 30.2 Å². The van der Waals surface area contributed by atoms with E-state index in [0.29, 0.717) is 12.1 Å². The minimum absolute atomic E-state index is 0.0640. The zero-order chi connectivity index (χ0) is 27.3. The number of imidazole rings is 1. The summed E-state index contributed by atoms with van der Waals surface area (Å²) in [5, 5.41) is 9.26. The largest absolute Gasteiger partial charge is 0.357 e. The van der Waals surface area contributed by atoms with Crippen LogP contribution in [0.4, 0.5) is 0 Å². The summed E-state index contributed by atoms with van der Waals surface area (Å²) in [5.74, 6) is -0.0640. The predicted molar refractivity (Wildman–Crippen MR) is 162 cm³/mol. The number of carbonyl (C=O) groups excluding carboxylic acids is 1. The zero-order valence-electron chi connectivity index (χ0n) is 22.3. The van der Waals surface area contributed by atoms with Crippen LogP contribution in [0.25, 0.3) is 32.8 Å². The van der Waals surface area contributed by atoms with Crippen LogP contribution < -0.4 is 10.6 Å². The number of nitrogens with one attached hydrogen (secondary N) is 4. The van der Waals surface area contributed by atoms with Crippen molar-refractivity contribution in [1.29, 1.82) is 0 Å². The fourth-order valence-corrected chi connectivity index (χ4v) is 6.23. The van der Waals surface area contributed by atoms with Gasteiger partial charge in [-0.3, -0.25) is 4.79 Å². The molecule has 7 nitrogen and oxygen atoms in total. The Kier molecular flexibility index (Phi) is 5.50. The molecule has 1 atom stereocenters. The van der Waals surface area contributed by atoms with Crippen molar-refractivity contribution in [3.63, 3.8) is 0 Å². The van der Waals surface area contributed by atoms with Crippen molar-refractivity contribution < 1.29 is 4.79 Å². The summed E-state index contributed by atoms with van der Waals surface area (Å²) in [6, 6.07) is 31.4. The van der Waals surface area contributed by atoms with E-state index in [4.69, 9.17) is 0 Å². The second-order valence-corrected chi connectivity index (χ2v) is 10.8. The molecule has 0 saturated carbocycles. The molecule has 4 aromatic carbocycles. The monoisotopic (exact) mass is 536 g/mol. The van der Waals surface area contributed by atoms with Crippen molar-refractivity contribution in [2.24, 2.45) is 0 Å². The zero-order valence-corrected chi connectivity index (χ0v) is 22.3. The van der Waals surface area contributed by atoms with Gasteiger partial charge in [0.1, 0.15) is 0 Å². The van der Waals surface area contributed by atoms with Gasteiger partial charge in [0.05, 0.1) is 23.4 Å². The van der Waals surface area contributed by atoms with E-state index in [1.54, 1.807) is 6.33 Å². The summed E-state index contributed by atoms with van der Waals surface area (Å²) >= 11 is 0. The second kappa shape index (κ2) is 9.50. The topological polar surface area (TPSA) is 90.5 Å². The molecule has 1 amide bonds. The van der Waals surface area contributed by atoms with Crippen LogP contribution in [-0.2, 0) is 19.6 Å². The molecule has 1 aliphatic heterocycles. The van der Waals surface area contributed by atoms with Crippen molar-refractivity contribution in [2.75, 3.05) is 0 Å². The first kappa shape index (κ1) is 23.7. The van der Waals surface area contributed by atoms with Crippen LogP contribution in [0.2, 0.25) is 0 Å². The maximum absolute atomic E-state index is 13.0. The van der Waals surface area contributed by atoms with Gasteiger partial charge >= 0.3 is 0 Å². The highest BCUT2D eigenvalue weighted by atomic mass is 16.2. The third-order valence-corrected chi connectivity index (χ3v) is 8.20. The normalized spacial score (nSPS) is 14.7. The molecule has 41 heavy (non-hydrogen) atoms. The van der Waals surface area contributed by atoms with Crippen LogP contribution in [-0.4, -0.2) is 25.4 Å².